The number of benzene rings is 1. The lowest BCUT2D eigenvalue weighted by Crippen LogP contribution is -2.32. The Kier molecular flexibility index (Phi) is 6.28. The molecule has 0 atom stereocenters. The van der Waals surface area contributed by atoms with Crippen LogP contribution < -0.4 is 10.6 Å². The molecule has 1 heterocycles. The smallest absolute Gasteiger partial charge is 0.270 e. The van der Waals surface area contributed by atoms with Gasteiger partial charge in [-0.2, -0.15) is 0 Å². The molecule has 0 saturated carbocycles. The summed E-state index contributed by atoms with van der Waals surface area (Å²) >= 11 is 3.52. The summed E-state index contributed by atoms with van der Waals surface area (Å²) in [6, 6.07) is 7.63. The number of nitrogens with zero attached hydrogens (tertiary/aromatic N) is 3. The summed E-state index contributed by atoms with van der Waals surface area (Å²) in [7, 11) is 3.92. The lowest BCUT2D eigenvalue weighted by atomic mass is 10.2. The van der Waals surface area contributed by atoms with E-state index in [-0.39, 0.29) is 5.91 Å². The first-order valence-electron chi connectivity index (χ1n) is 7.67. The van der Waals surface area contributed by atoms with E-state index in [2.05, 4.69) is 36.5 Å². The highest BCUT2D eigenvalue weighted by molar-refractivity contribution is 9.10. The monoisotopic (exact) mass is 391 g/mol. The maximum absolute atomic E-state index is 12.2. The second kappa shape index (κ2) is 8.21. The molecule has 0 unspecified atom stereocenters. The number of aromatic nitrogens is 2. The first kappa shape index (κ1) is 18.4. The number of likely N-dealkylation sites (N-methyl/N-ethyl adjacent to an activating group) is 1. The molecule has 7 heteroatoms. The third-order valence-corrected chi connectivity index (χ3v) is 3.96. The lowest BCUT2D eigenvalue weighted by molar-refractivity contribution is 0.0946. The number of aryl methyl sites for hydroxylation is 2. The Morgan fingerprint density at radius 3 is 2.62 bits per heavy atom. The van der Waals surface area contributed by atoms with E-state index in [0.717, 1.165) is 28.0 Å². The van der Waals surface area contributed by atoms with Crippen molar-refractivity contribution >= 4 is 33.5 Å². The van der Waals surface area contributed by atoms with Gasteiger partial charge in [-0.25, -0.2) is 9.97 Å². The molecule has 0 spiro atoms. The minimum absolute atomic E-state index is 0.201. The number of amides is 1. The number of anilines is 2. The highest BCUT2D eigenvalue weighted by Crippen LogP contribution is 2.25. The Morgan fingerprint density at radius 2 is 1.96 bits per heavy atom. The zero-order chi connectivity index (χ0) is 17.7. The number of rotatable bonds is 6. The lowest BCUT2D eigenvalue weighted by Gasteiger charge is -2.12. The highest BCUT2D eigenvalue weighted by atomic mass is 79.9. The quantitative estimate of drug-likeness (QED) is 0.791. The predicted molar refractivity (Wildman–Crippen MR) is 99.8 cm³/mol. The first-order valence-corrected chi connectivity index (χ1v) is 8.46. The van der Waals surface area contributed by atoms with Gasteiger partial charge >= 0.3 is 0 Å². The van der Waals surface area contributed by atoms with Gasteiger partial charge in [0, 0.05) is 23.3 Å². The zero-order valence-corrected chi connectivity index (χ0v) is 15.9. The summed E-state index contributed by atoms with van der Waals surface area (Å²) in [5, 5.41) is 6.01. The van der Waals surface area contributed by atoms with Crippen LogP contribution in [-0.2, 0) is 0 Å². The molecule has 0 aliphatic heterocycles. The Hall–Kier alpha value is -1.99. The van der Waals surface area contributed by atoms with E-state index < -0.39 is 0 Å². The van der Waals surface area contributed by atoms with Gasteiger partial charge in [0.15, 0.2) is 0 Å². The Morgan fingerprint density at radius 1 is 1.21 bits per heavy atom. The van der Waals surface area contributed by atoms with Gasteiger partial charge in [0.05, 0.1) is 5.69 Å². The summed E-state index contributed by atoms with van der Waals surface area (Å²) in [5.41, 5.74) is 3.09. The van der Waals surface area contributed by atoms with Crippen molar-refractivity contribution < 1.29 is 4.79 Å². The van der Waals surface area contributed by atoms with Crippen molar-refractivity contribution in [1.82, 2.24) is 20.2 Å². The molecule has 2 aromatic rings. The number of carbonyl (C=O) groups is 1. The summed E-state index contributed by atoms with van der Waals surface area (Å²) in [4.78, 5) is 22.9. The molecule has 1 aromatic carbocycles. The van der Waals surface area contributed by atoms with Crippen LogP contribution in [-0.4, -0.2) is 48.0 Å². The summed E-state index contributed by atoms with van der Waals surface area (Å²) in [5.74, 6) is 0.200. The number of hydrogen-bond acceptors (Lipinski definition) is 5. The predicted octanol–water partition coefficient (Wildman–Crippen LogP) is 2.89. The molecular formula is C17H22BrN5O. The van der Waals surface area contributed by atoms with E-state index in [0.29, 0.717) is 18.2 Å². The van der Waals surface area contributed by atoms with E-state index in [1.165, 1.54) is 0 Å². The Balaban J connectivity index is 2.14. The van der Waals surface area contributed by atoms with Gasteiger partial charge in [0.25, 0.3) is 5.91 Å². The maximum Gasteiger partial charge on any atom is 0.270 e. The average Bonchev–Trinajstić information content (AvgIpc) is 2.49. The van der Waals surface area contributed by atoms with Crippen LogP contribution in [0.2, 0.25) is 0 Å². The molecule has 0 bridgehead atoms. The van der Waals surface area contributed by atoms with E-state index >= 15 is 0 Å². The van der Waals surface area contributed by atoms with Crippen molar-refractivity contribution in [3.63, 3.8) is 0 Å². The van der Waals surface area contributed by atoms with Gasteiger partial charge in [-0.15, -0.1) is 0 Å². The van der Waals surface area contributed by atoms with Crippen molar-refractivity contribution in [2.24, 2.45) is 0 Å². The minimum Gasteiger partial charge on any atom is -0.349 e. The summed E-state index contributed by atoms with van der Waals surface area (Å²) in [6.45, 7) is 5.21. The summed E-state index contributed by atoms with van der Waals surface area (Å²) in [6.07, 6.45) is 0. The molecule has 1 amide bonds. The summed E-state index contributed by atoms with van der Waals surface area (Å²) < 4.78 is 0.921. The largest absolute Gasteiger partial charge is 0.349 e. The molecule has 0 saturated heterocycles. The SMILES string of the molecule is Cc1ccc(Nc2nc(C)cc(C(=O)NCCN(C)C)n2)c(Br)c1. The fourth-order valence-corrected chi connectivity index (χ4v) is 2.66. The Labute approximate surface area is 150 Å². The first-order chi connectivity index (χ1) is 11.3. The number of nitrogens with one attached hydrogen (secondary N) is 2. The highest BCUT2D eigenvalue weighted by Gasteiger charge is 2.11. The van der Waals surface area contributed by atoms with Gasteiger partial charge in [0.2, 0.25) is 5.95 Å². The second-order valence-corrected chi connectivity index (χ2v) is 6.74. The molecule has 0 radical (unpaired) electrons. The van der Waals surface area contributed by atoms with Gasteiger partial charge in [-0.3, -0.25) is 4.79 Å². The molecule has 2 N–H and O–H groups in total. The van der Waals surface area contributed by atoms with Crippen LogP contribution in [0.4, 0.5) is 11.6 Å². The zero-order valence-electron chi connectivity index (χ0n) is 14.4. The number of carbonyl (C=O) groups excluding carboxylic acids is 1. The van der Waals surface area contributed by atoms with Crippen molar-refractivity contribution in [3.05, 3.63) is 45.7 Å². The maximum atomic E-state index is 12.2. The van der Waals surface area contributed by atoms with Gasteiger partial charge in [-0.05, 0) is 67.6 Å². The topological polar surface area (TPSA) is 70.2 Å². The molecule has 0 fully saturated rings. The fourth-order valence-electron chi connectivity index (χ4n) is 2.07. The Bertz CT molecular complexity index is 733. The van der Waals surface area contributed by atoms with Gasteiger partial charge < -0.3 is 15.5 Å². The average molecular weight is 392 g/mol. The standard InChI is InChI=1S/C17H22BrN5O/c1-11-5-6-14(13(18)9-11)21-17-20-12(2)10-15(22-17)16(24)19-7-8-23(3)4/h5-6,9-10H,7-8H2,1-4H3,(H,19,24)(H,20,21,22). The van der Waals surface area contributed by atoms with Crippen LogP contribution in [0.15, 0.2) is 28.7 Å². The van der Waals surface area contributed by atoms with Crippen molar-refractivity contribution in [1.29, 1.82) is 0 Å². The minimum atomic E-state index is -0.201. The fraction of sp³-hybridized carbons (Fsp3) is 0.353. The molecule has 2 rings (SSSR count). The molecule has 24 heavy (non-hydrogen) atoms. The van der Waals surface area contributed by atoms with Crippen LogP contribution in [0.25, 0.3) is 0 Å². The molecule has 0 aliphatic carbocycles. The normalized spacial score (nSPS) is 10.8. The third-order valence-electron chi connectivity index (χ3n) is 3.30. The molecular weight excluding hydrogens is 370 g/mol. The molecule has 6 nitrogen and oxygen atoms in total. The van der Waals surface area contributed by atoms with E-state index in [9.17, 15) is 4.79 Å². The molecule has 1 aromatic heterocycles. The number of halogens is 1. The second-order valence-electron chi connectivity index (χ2n) is 5.89. The van der Waals surface area contributed by atoms with Crippen molar-refractivity contribution in [2.75, 3.05) is 32.5 Å². The van der Waals surface area contributed by atoms with Crippen molar-refractivity contribution in [2.45, 2.75) is 13.8 Å². The van der Waals surface area contributed by atoms with Crippen LogP contribution in [0.3, 0.4) is 0 Å². The van der Waals surface area contributed by atoms with Gasteiger partial charge in [-0.1, -0.05) is 6.07 Å². The van der Waals surface area contributed by atoms with Crippen molar-refractivity contribution in [3.8, 4) is 0 Å². The van der Waals surface area contributed by atoms with Crippen LogP contribution in [0.5, 0.6) is 0 Å². The van der Waals surface area contributed by atoms with Gasteiger partial charge in [0.1, 0.15) is 5.69 Å². The molecule has 0 aliphatic rings. The van der Waals surface area contributed by atoms with E-state index in [1.807, 2.05) is 51.0 Å². The van der Waals surface area contributed by atoms with E-state index in [1.54, 1.807) is 6.07 Å². The number of hydrogen-bond donors (Lipinski definition) is 2. The molecule has 128 valence electrons. The third kappa shape index (κ3) is 5.28. The van der Waals surface area contributed by atoms with Crippen LogP contribution in [0.1, 0.15) is 21.7 Å². The van der Waals surface area contributed by atoms with E-state index in [4.69, 9.17) is 0 Å². The van der Waals surface area contributed by atoms with Crippen LogP contribution >= 0.6 is 15.9 Å². The van der Waals surface area contributed by atoms with Crippen LogP contribution in [0, 0.1) is 13.8 Å².